The lowest BCUT2D eigenvalue weighted by Gasteiger charge is -2.44. The smallest absolute Gasteiger partial charge is 0.257 e. The zero-order valence-electron chi connectivity index (χ0n) is 15.6. The zero-order valence-corrected chi connectivity index (χ0v) is 15.6. The fourth-order valence-electron chi connectivity index (χ4n) is 4.50. The standard InChI is InChI=1S/C22H23FN2O3/c23-19-14-17(26)8-9-18(19)20(27)25-13-5-11-22(25)10-4-12-24(21(22)28)15-16-6-2-1-3-7-16/h1-3,6-9,14,26H,4-5,10-13,15H2. The molecule has 5 nitrogen and oxygen atoms in total. The number of amides is 2. The predicted octanol–water partition coefficient (Wildman–Crippen LogP) is 3.33. The van der Waals surface area contributed by atoms with Crippen LogP contribution in [-0.2, 0) is 11.3 Å². The molecule has 2 aliphatic rings. The number of likely N-dealkylation sites (tertiary alicyclic amines) is 2. The van der Waals surface area contributed by atoms with E-state index in [2.05, 4.69) is 0 Å². The molecule has 2 fully saturated rings. The van der Waals surface area contributed by atoms with Gasteiger partial charge in [-0.25, -0.2) is 4.39 Å². The Morgan fingerprint density at radius 3 is 2.50 bits per heavy atom. The minimum Gasteiger partial charge on any atom is -0.508 e. The second kappa shape index (κ2) is 7.26. The van der Waals surface area contributed by atoms with Crippen LogP contribution in [0.3, 0.4) is 0 Å². The Morgan fingerprint density at radius 2 is 1.79 bits per heavy atom. The van der Waals surface area contributed by atoms with E-state index in [1.165, 1.54) is 12.1 Å². The largest absolute Gasteiger partial charge is 0.508 e. The van der Waals surface area contributed by atoms with Gasteiger partial charge in [-0.05, 0) is 43.4 Å². The molecule has 28 heavy (non-hydrogen) atoms. The SMILES string of the molecule is O=C(c1ccc(O)cc1F)N1CCCC12CCCN(Cc1ccccc1)C2=O. The number of benzene rings is 2. The Balaban J connectivity index is 1.61. The summed E-state index contributed by atoms with van der Waals surface area (Å²) in [5, 5.41) is 9.42. The van der Waals surface area contributed by atoms with Gasteiger partial charge < -0.3 is 14.9 Å². The van der Waals surface area contributed by atoms with Gasteiger partial charge in [-0.1, -0.05) is 30.3 Å². The Bertz CT molecular complexity index is 902. The lowest BCUT2D eigenvalue weighted by atomic mass is 9.84. The lowest BCUT2D eigenvalue weighted by Crippen LogP contribution is -2.61. The maximum Gasteiger partial charge on any atom is 0.257 e. The molecule has 2 aromatic carbocycles. The first-order chi connectivity index (χ1) is 13.5. The van der Waals surface area contributed by atoms with Crippen molar-refractivity contribution in [2.75, 3.05) is 13.1 Å². The number of hydrogen-bond donors (Lipinski definition) is 1. The maximum atomic E-state index is 14.3. The molecule has 2 aliphatic heterocycles. The van der Waals surface area contributed by atoms with Gasteiger partial charge in [0.2, 0.25) is 5.91 Å². The van der Waals surface area contributed by atoms with Gasteiger partial charge in [0.05, 0.1) is 5.56 Å². The summed E-state index contributed by atoms with van der Waals surface area (Å²) in [6.07, 6.45) is 2.72. The number of aromatic hydroxyl groups is 1. The van der Waals surface area contributed by atoms with Crippen LogP contribution in [0.2, 0.25) is 0 Å². The van der Waals surface area contributed by atoms with E-state index in [9.17, 15) is 19.1 Å². The van der Waals surface area contributed by atoms with Gasteiger partial charge >= 0.3 is 0 Å². The molecule has 2 amide bonds. The summed E-state index contributed by atoms with van der Waals surface area (Å²) >= 11 is 0. The van der Waals surface area contributed by atoms with Crippen LogP contribution >= 0.6 is 0 Å². The number of carbonyl (C=O) groups is 2. The van der Waals surface area contributed by atoms with Gasteiger partial charge in [-0.2, -0.15) is 0 Å². The van der Waals surface area contributed by atoms with Gasteiger partial charge in [0.1, 0.15) is 17.1 Å². The van der Waals surface area contributed by atoms with Crippen LogP contribution in [0.15, 0.2) is 48.5 Å². The summed E-state index contributed by atoms with van der Waals surface area (Å²) in [6, 6.07) is 13.3. The summed E-state index contributed by atoms with van der Waals surface area (Å²) in [7, 11) is 0. The minimum atomic E-state index is -0.894. The Labute approximate surface area is 163 Å². The molecule has 4 rings (SSSR count). The Kier molecular flexibility index (Phi) is 4.79. The van der Waals surface area contributed by atoms with Crippen molar-refractivity contribution in [3.8, 4) is 5.75 Å². The lowest BCUT2D eigenvalue weighted by molar-refractivity contribution is -0.146. The number of piperidine rings is 1. The van der Waals surface area contributed by atoms with Crippen molar-refractivity contribution >= 4 is 11.8 Å². The van der Waals surface area contributed by atoms with E-state index in [0.717, 1.165) is 24.5 Å². The number of hydrogen-bond acceptors (Lipinski definition) is 3. The first-order valence-electron chi connectivity index (χ1n) is 9.65. The molecule has 0 bridgehead atoms. The number of phenolic OH excluding ortho intramolecular Hbond substituents is 1. The molecule has 1 atom stereocenters. The predicted molar refractivity (Wildman–Crippen MR) is 102 cm³/mol. The molecule has 6 heteroatoms. The van der Waals surface area contributed by atoms with E-state index in [1.54, 1.807) is 4.90 Å². The Morgan fingerprint density at radius 1 is 1.07 bits per heavy atom. The average Bonchev–Trinajstić information content (AvgIpc) is 3.10. The van der Waals surface area contributed by atoms with E-state index in [-0.39, 0.29) is 17.2 Å². The van der Waals surface area contributed by atoms with Crippen molar-refractivity contribution in [3.63, 3.8) is 0 Å². The molecule has 146 valence electrons. The molecular formula is C22H23FN2O3. The third-order valence-electron chi connectivity index (χ3n) is 5.84. The van der Waals surface area contributed by atoms with Gasteiger partial charge in [-0.3, -0.25) is 9.59 Å². The summed E-state index contributed by atoms with van der Waals surface area (Å²) in [4.78, 5) is 29.9. The molecule has 2 heterocycles. The second-order valence-electron chi connectivity index (χ2n) is 7.57. The minimum absolute atomic E-state index is 0.0485. The molecular weight excluding hydrogens is 359 g/mol. The quantitative estimate of drug-likeness (QED) is 0.886. The van der Waals surface area contributed by atoms with E-state index in [1.807, 2.05) is 35.2 Å². The molecule has 1 N–H and O–H groups in total. The van der Waals surface area contributed by atoms with Crippen molar-refractivity contribution in [2.45, 2.75) is 37.8 Å². The molecule has 2 saturated heterocycles. The molecule has 0 aromatic heterocycles. The monoisotopic (exact) mass is 382 g/mol. The maximum absolute atomic E-state index is 14.3. The van der Waals surface area contributed by atoms with Crippen molar-refractivity contribution in [2.24, 2.45) is 0 Å². The number of rotatable bonds is 3. The summed E-state index contributed by atoms with van der Waals surface area (Å²) in [5.41, 5.74) is 0.0504. The van der Waals surface area contributed by atoms with Crippen molar-refractivity contribution in [1.82, 2.24) is 9.80 Å². The fraction of sp³-hybridized carbons (Fsp3) is 0.364. The summed E-state index contributed by atoms with van der Waals surface area (Å²) in [5.74, 6) is -1.53. The number of nitrogens with zero attached hydrogens (tertiary/aromatic N) is 2. The van der Waals surface area contributed by atoms with Crippen molar-refractivity contribution in [1.29, 1.82) is 0 Å². The molecule has 2 aromatic rings. The first-order valence-corrected chi connectivity index (χ1v) is 9.65. The summed E-state index contributed by atoms with van der Waals surface area (Å²) in [6.45, 7) is 1.60. The third kappa shape index (κ3) is 3.13. The number of carbonyl (C=O) groups excluding carboxylic acids is 2. The van der Waals surface area contributed by atoms with E-state index in [0.29, 0.717) is 32.5 Å². The molecule has 0 saturated carbocycles. The van der Waals surface area contributed by atoms with Crippen molar-refractivity contribution < 1.29 is 19.1 Å². The van der Waals surface area contributed by atoms with Gasteiger partial charge in [0.15, 0.2) is 0 Å². The molecule has 0 aliphatic carbocycles. The fourth-order valence-corrected chi connectivity index (χ4v) is 4.50. The average molecular weight is 382 g/mol. The number of phenols is 1. The highest BCUT2D eigenvalue weighted by atomic mass is 19.1. The van der Waals surface area contributed by atoms with Crippen LogP contribution in [0.25, 0.3) is 0 Å². The van der Waals surface area contributed by atoms with Crippen LogP contribution in [0, 0.1) is 5.82 Å². The highest BCUT2D eigenvalue weighted by molar-refractivity contribution is 6.00. The van der Waals surface area contributed by atoms with Gasteiger partial charge in [0, 0.05) is 25.7 Å². The highest BCUT2D eigenvalue weighted by Crippen LogP contribution is 2.40. The topological polar surface area (TPSA) is 60.9 Å². The number of halogens is 1. The Hall–Kier alpha value is -2.89. The van der Waals surface area contributed by atoms with Crippen LogP contribution in [0.1, 0.15) is 41.6 Å². The van der Waals surface area contributed by atoms with Crippen LogP contribution in [-0.4, -0.2) is 45.3 Å². The molecule has 1 spiro atoms. The van der Waals surface area contributed by atoms with Gasteiger partial charge in [0.25, 0.3) is 5.91 Å². The normalized spacial score (nSPS) is 22.1. The van der Waals surface area contributed by atoms with Crippen molar-refractivity contribution in [3.05, 3.63) is 65.5 Å². The van der Waals surface area contributed by atoms with E-state index < -0.39 is 17.3 Å². The first kappa shape index (κ1) is 18.5. The second-order valence-corrected chi connectivity index (χ2v) is 7.57. The third-order valence-corrected chi connectivity index (χ3v) is 5.84. The highest BCUT2D eigenvalue weighted by Gasteiger charge is 2.53. The van der Waals surface area contributed by atoms with Crippen LogP contribution < -0.4 is 0 Å². The molecule has 1 unspecified atom stereocenters. The van der Waals surface area contributed by atoms with Crippen LogP contribution in [0.5, 0.6) is 5.75 Å². The van der Waals surface area contributed by atoms with Gasteiger partial charge in [-0.15, -0.1) is 0 Å². The summed E-state index contributed by atoms with van der Waals surface area (Å²) < 4.78 is 14.3. The zero-order chi connectivity index (χ0) is 19.7. The van der Waals surface area contributed by atoms with Crippen LogP contribution in [0.4, 0.5) is 4.39 Å². The van der Waals surface area contributed by atoms with E-state index >= 15 is 0 Å². The van der Waals surface area contributed by atoms with E-state index in [4.69, 9.17) is 0 Å². The molecule has 0 radical (unpaired) electrons.